The zero-order valence-electron chi connectivity index (χ0n) is 24.4. The highest BCUT2D eigenvalue weighted by molar-refractivity contribution is 8.00. The van der Waals surface area contributed by atoms with Gasteiger partial charge in [-0.3, -0.25) is 14.5 Å². The molecule has 0 saturated carbocycles. The standard InChI is InChI=1S/C33H32FN3O5S2/c1-3-5-9-18-42-25-17-14-23(19-26(25)41-4-2)28-27(29(38)22-12-15-24(34)16-13-22)30(39)31(40)37(28)32-35-36-33(44-32)43-20-21-10-7-6-8-11-21/h6-8,10-17,19,28,38H,3-5,9,18,20H2,1-2H3/b29-27+. The molecule has 0 spiro atoms. The molecule has 1 aliphatic heterocycles. The van der Waals surface area contributed by atoms with Crippen LogP contribution in [0.5, 0.6) is 11.5 Å². The van der Waals surface area contributed by atoms with Gasteiger partial charge < -0.3 is 14.6 Å². The molecule has 4 aromatic rings. The number of aliphatic hydroxyl groups excluding tert-OH is 1. The topological polar surface area (TPSA) is 102 Å². The van der Waals surface area contributed by atoms with Crippen LogP contribution in [-0.4, -0.2) is 40.2 Å². The lowest BCUT2D eigenvalue weighted by atomic mass is 9.95. The Kier molecular flexibility index (Phi) is 10.3. The number of hydrogen-bond acceptors (Lipinski definition) is 9. The number of hydrogen-bond donors (Lipinski definition) is 1. The minimum Gasteiger partial charge on any atom is -0.507 e. The lowest BCUT2D eigenvalue weighted by Crippen LogP contribution is -2.29. The van der Waals surface area contributed by atoms with Crippen molar-refractivity contribution in [2.45, 2.75) is 49.2 Å². The van der Waals surface area contributed by atoms with Gasteiger partial charge in [0, 0.05) is 11.3 Å². The van der Waals surface area contributed by atoms with Gasteiger partial charge in [-0.2, -0.15) is 0 Å². The summed E-state index contributed by atoms with van der Waals surface area (Å²) in [5, 5.41) is 20.1. The molecule has 1 atom stereocenters. The number of rotatable bonds is 13. The second kappa shape index (κ2) is 14.5. The molecule has 1 N–H and O–H groups in total. The lowest BCUT2D eigenvalue weighted by molar-refractivity contribution is -0.132. The monoisotopic (exact) mass is 633 g/mol. The van der Waals surface area contributed by atoms with Crippen molar-refractivity contribution in [1.29, 1.82) is 0 Å². The molecule has 1 saturated heterocycles. The number of aliphatic hydroxyl groups is 1. The number of thioether (sulfide) groups is 1. The van der Waals surface area contributed by atoms with E-state index in [-0.39, 0.29) is 16.3 Å². The SMILES string of the molecule is CCCCCOc1ccc(C2/C(=C(\O)c3ccc(F)cc3)C(=O)C(=O)N2c2nnc(SCc3ccccc3)s2)cc1OCC. The second-order valence-corrected chi connectivity index (χ2v) is 12.2. The van der Waals surface area contributed by atoms with Crippen LogP contribution >= 0.6 is 23.1 Å². The summed E-state index contributed by atoms with van der Waals surface area (Å²) in [4.78, 5) is 28.4. The van der Waals surface area contributed by atoms with E-state index in [4.69, 9.17) is 9.47 Å². The van der Waals surface area contributed by atoms with Crippen LogP contribution in [-0.2, 0) is 15.3 Å². The van der Waals surface area contributed by atoms with E-state index in [0.29, 0.717) is 40.4 Å². The lowest BCUT2D eigenvalue weighted by Gasteiger charge is -2.23. The minimum absolute atomic E-state index is 0.144. The predicted molar refractivity (Wildman–Crippen MR) is 170 cm³/mol. The number of carbonyl (C=O) groups is 2. The van der Waals surface area contributed by atoms with Gasteiger partial charge >= 0.3 is 5.91 Å². The number of unbranched alkanes of at least 4 members (excludes halogenated alkanes) is 2. The van der Waals surface area contributed by atoms with Crippen molar-refractivity contribution in [3.63, 3.8) is 0 Å². The normalized spacial score (nSPS) is 16.0. The number of ether oxygens (including phenoxy) is 2. The fourth-order valence-corrected chi connectivity index (χ4v) is 6.63. The highest BCUT2D eigenvalue weighted by atomic mass is 32.2. The maximum Gasteiger partial charge on any atom is 0.301 e. The second-order valence-electron chi connectivity index (χ2n) is 10.00. The number of anilines is 1. The maximum atomic E-state index is 13.7. The van der Waals surface area contributed by atoms with Crippen LogP contribution in [0.1, 0.15) is 55.8 Å². The Morgan fingerprint density at radius 2 is 1.75 bits per heavy atom. The third-order valence-electron chi connectivity index (χ3n) is 6.96. The van der Waals surface area contributed by atoms with Crippen LogP contribution in [0.15, 0.2) is 82.7 Å². The zero-order chi connectivity index (χ0) is 31.1. The number of Topliss-reactive ketones (excluding diaryl/α,β-unsaturated/α-hetero) is 1. The van der Waals surface area contributed by atoms with Gasteiger partial charge in [-0.25, -0.2) is 4.39 Å². The van der Waals surface area contributed by atoms with Crippen LogP contribution < -0.4 is 14.4 Å². The highest BCUT2D eigenvalue weighted by Gasteiger charge is 2.48. The van der Waals surface area contributed by atoms with Crippen LogP contribution in [0.3, 0.4) is 0 Å². The molecule has 11 heteroatoms. The molecule has 228 valence electrons. The third kappa shape index (κ3) is 6.95. The van der Waals surface area contributed by atoms with Crippen LogP contribution in [0.4, 0.5) is 9.52 Å². The van der Waals surface area contributed by atoms with E-state index in [1.54, 1.807) is 18.2 Å². The fourth-order valence-electron chi connectivity index (χ4n) is 4.80. The number of nitrogens with zero attached hydrogens (tertiary/aromatic N) is 3. The van der Waals surface area contributed by atoms with Crippen LogP contribution in [0.2, 0.25) is 0 Å². The maximum absolute atomic E-state index is 13.7. The number of halogens is 1. The molecule has 1 aromatic heterocycles. The van der Waals surface area contributed by atoms with E-state index >= 15 is 0 Å². The summed E-state index contributed by atoms with van der Waals surface area (Å²) in [5.41, 5.74) is 1.67. The number of benzene rings is 3. The quantitative estimate of drug-likeness (QED) is 0.0402. The minimum atomic E-state index is -1.05. The summed E-state index contributed by atoms with van der Waals surface area (Å²) < 4.78 is 26.2. The molecule has 0 bridgehead atoms. The van der Waals surface area contributed by atoms with E-state index in [1.165, 1.54) is 52.3 Å². The van der Waals surface area contributed by atoms with Gasteiger partial charge in [-0.05, 0) is 60.9 Å². The molecule has 1 unspecified atom stereocenters. The zero-order valence-corrected chi connectivity index (χ0v) is 26.0. The average Bonchev–Trinajstić information content (AvgIpc) is 3.61. The molecule has 1 fully saturated rings. The molecule has 44 heavy (non-hydrogen) atoms. The van der Waals surface area contributed by atoms with Gasteiger partial charge in [0.25, 0.3) is 5.78 Å². The first kappa shape index (κ1) is 31.2. The summed E-state index contributed by atoms with van der Waals surface area (Å²) in [6.07, 6.45) is 2.99. The Morgan fingerprint density at radius 1 is 0.977 bits per heavy atom. The Hall–Kier alpha value is -4.22. The first-order valence-corrected chi connectivity index (χ1v) is 16.2. The van der Waals surface area contributed by atoms with Crippen molar-refractivity contribution in [3.05, 3.63) is 101 Å². The van der Waals surface area contributed by atoms with Gasteiger partial charge in [-0.15, -0.1) is 10.2 Å². The molecule has 0 aliphatic carbocycles. The number of aromatic nitrogens is 2. The van der Waals surface area contributed by atoms with Gasteiger partial charge in [0.1, 0.15) is 11.6 Å². The van der Waals surface area contributed by atoms with Gasteiger partial charge in [0.2, 0.25) is 5.13 Å². The fraction of sp³-hybridized carbons (Fsp3) is 0.273. The first-order chi connectivity index (χ1) is 21.4. The largest absolute Gasteiger partial charge is 0.507 e. The summed E-state index contributed by atoms with van der Waals surface area (Å²) in [6.45, 7) is 4.85. The van der Waals surface area contributed by atoms with Gasteiger partial charge in [-0.1, -0.05) is 79.3 Å². The van der Waals surface area contributed by atoms with Crippen LogP contribution in [0, 0.1) is 5.82 Å². The Labute approximate surface area is 263 Å². The number of amides is 1. The van der Waals surface area contributed by atoms with E-state index in [2.05, 4.69) is 17.1 Å². The van der Waals surface area contributed by atoms with Crippen molar-refractivity contribution < 1.29 is 28.6 Å². The van der Waals surface area contributed by atoms with Gasteiger partial charge in [0.15, 0.2) is 15.8 Å². The highest BCUT2D eigenvalue weighted by Crippen LogP contribution is 2.45. The molecule has 3 aromatic carbocycles. The van der Waals surface area contributed by atoms with E-state index in [0.717, 1.165) is 24.8 Å². The molecule has 2 heterocycles. The molecule has 1 aliphatic rings. The molecular weight excluding hydrogens is 602 g/mol. The predicted octanol–water partition coefficient (Wildman–Crippen LogP) is 7.56. The molecule has 0 radical (unpaired) electrons. The Balaban J connectivity index is 1.55. The smallest absolute Gasteiger partial charge is 0.301 e. The Morgan fingerprint density at radius 3 is 2.48 bits per heavy atom. The summed E-state index contributed by atoms with van der Waals surface area (Å²) in [7, 11) is 0. The van der Waals surface area contributed by atoms with E-state index in [1.807, 2.05) is 37.3 Å². The molecule has 8 nitrogen and oxygen atoms in total. The average molecular weight is 634 g/mol. The molecule has 5 rings (SSSR count). The van der Waals surface area contributed by atoms with Gasteiger partial charge in [0.05, 0.1) is 24.8 Å². The van der Waals surface area contributed by atoms with Crippen molar-refractivity contribution in [1.82, 2.24) is 10.2 Å². The van der Waals surface area contributed by atoms with Crippen molar-refractivity contribution in [2.24, 2.45) is 0 Å². The number of carbonyl (C=O) groups excluding carboxylic acids is 2. The van der Waals surface area contributed by atoms with Crippen molar-refractivity contribution >= 4 is 45.7 Å². The van der Waals surface area contributed by atoms with Crippen LogP contribution in [0.25, 0.3) is 5.76 Å². The van der Waals surface area contributed by atoms with E-state index < -0.39 is 29.3 Å². The van der Waals surface area contributed by atoms with E-state index in [9.17, 15) is 19.1 Å². The molecule has 1 amide bonds. The Bertz CT molecular complexity index is 1640. The summed E-state index contributed by atoms with van der Waals surface area (Å²) >= 11 is 2.65. The summed E-state index contributed by atoms with van der Waals surface area (Å²) in [6, 6.07) is 19.1. The first-order valence-electron chi connectivity index (χ1n) is 14.4. The van der Waals surface area contributed by atoms with Crippen molar-refractivity contribution in [3.8, 4) is 11.5 Å². The number of ketones is 1. The third-order valence-corrected chi connectivity index (χ3v) is 9.08. The summed E-state index contributed by atoms with van der Waals surface area (Å²) in [5.74, 6) is -1.01. The molecular formula is C33H32FN3O5S2. The van der Waals surface area contributed by atoms with Crippen molar-refractivity contribution in [2.75, 3.05) is 18.1 Å².